The summed E-state index contributed by atoms with van der Waals surface area (Å²) in [6.45, 7) is 10.7. The number of hydrogen-bond acceptors (Lipinski definition) is 8. The van der Waals surface area contributed by atoms with Crippen molar-refractivity contribution in [2.45, 2.75) is 79.4 Å². The van der Waals surface area contributed by atoms with Crippen LogP contribution < -0.4 is 27.0 Å². The maximum absolute atomic E-state index is 11.6. The molecule has 1 atom stereocenters. The van der Waals surface area contributed by atoms with Gasteiger partial charge in [0.05, 0.1) is 6.54 Å². The fraction of sp³-hybridized carbons (Fsp3) is 0.516. The van der Waals surface area contributed by atoms with E-state index in [1.165, 1.54) is 24.0 Å². The first-order valence-corrected chi connectivity index (χ1v) is 14.9. The quantitative estimate of drug-likeness (QED) is 0.0788. The second-order valence-corrected chi connectivity index (χ2v) is 10.4. The first kappa shape index (κ1) is 40.2. The lowest BCUT2D eigenvalue weighted by molar-refractivity contribution is -0.142. The van der Waals surface area contributed by atoms with Gasteiger partial charge in [0.25, 0.3) is 11.8 Å². The van der Waals surface area contributed by atoms with Gasteiger partial charge in [-0.3, -0.25) is 33.7 Å². The zero-order valence-electron chi connectivity index (χ0n) is 26.9. The highest BCUT2D eigenvalue weighted by atomic mass is 16.5. The standard InChI is InChI=1S/C15H24N2O3.C12H14N2O4.C4H10N2O/c1-11(2)12(3)16-13(18)7-5-4-6-10-17-14(19)8-9-15(17)20;1-9(16)18-7-10-2-4-11(5-3-10)14-12(17)6-13-8-15;1-2-3-6-4(5)7/h8-9,11-12H,4-7,10H2,1-3H3,(H,16,18);2-5,8H,6-7H2,1H3,(H,13,15)(H,14,17);2-3H2,1H3,(H3,5,6,7). The summed E-state index contributed by atoms with van der Waals surface area (Å²) >= 11 is 0. The van der Waals surface area contributed by atoms with Gasteiger partial charge in [0.1, 0.15) is 6.61 Å². The summed E-state index contributed by atoms with van der Waals surface area (Å²) in [6.07, 6.45) is 6.83. The van der Waals surface area contributed by atoms with Crippen LogP contribution in [-0.2, 0) is 40.1 Å². The van der Waals surface area contributed by atoms with Gasteiger partial charge in [-0.1, -0.05) is 39.3 Å². The van der Waals surface area contributed by atoms with Crippen molar-refractivity contribution in [3.8, 4) is 0 Å². The fourth-order valence-electron chi connectivity index (χ4n) is 3.33. The van der Waals surface area contributed by atoms with Crippen LogP contribution in [0.25, 0.3) is 0 Å². The molecule has 0 spiro atoms. The van der Waals surface area contributed by atoms with Crippen molar-refractivity contribution in [3.63, 3.8) is 0 Å². The van der Waals surface area contributed by atoms with Gasteiger partial charge in [-0.25, -0.2) is 4.79 Å². The van der Waals surface area contributed by atoms with E-state index in [-0.39, 0.29) is 48.8 Å². The van der Waals surface area contributed by atoms with Gasteiger partial charge in [-0.15, -0.1) is 0 Å². The summed E-state index contributed by atoms with van der Waals surface area (Å²) in [5.41, 5.74) is 6.17. The van der Waals surface area contributed by atoms with Crippen molar-refractivity contribution in [3.05, 3.63) is 42.0 Å². The van der Waals surface area contributed by atoms with Gasteiger partial charge in [0, 0.05) is 50.3 Å². The molecule has 0 saturated carbocycles. The highest BCUT2D eigenvalue weighted by Crippen LogP contribution is 2.11. The highest BCUT2D eigenvalue weighted by molar-refractivity contribution is 6.12. The summed E-state index contributed by atoms with van der Waals surface area (Å²) < 4.78 is 4.83. The first-order chi connectivity index (χ1) is 21.3. The Morgan fingerprint density at radius 1 is 0.956 bits per heavy atom. The number of carbonyl (C=O) groups is 7. The van der Waals surface area contributed by atoms with Gasteiger partial charge in [-0.2, -0.15) is 0 Å². The second-order valence-electron chi connectivity index (χ2n) is 10.4. The van der Waals surface area contributed by atoms with Crippen molar-refractivity contribution in [1.29, 1.82) is 0 Å². The number of ether oxygens (including phenoxy) is 1. The van der Waals surface area contributed by atoms with Crippen LogP contribution in [0.15, 0.2) is 36.4 Å². The lowest BCUT2D eigenvalue weighted by Gasteiger charge is -2.17. The Morgan fingerprint density at radius 2 is 1.58 bits per heavy atom. The zero-order chi connectivity index (χ0) is 34.2. The van der Waals surface area contributed by atoms with Crippen LogP contribution in [0.1, 0.15) is 72.3 Å². The van der Waals surface area contributed by atoms with Gasteiger partial charge in [0.15, 0.2) is 0 Å². The molecule has 6 N–H and O–H groups in total. The topological polar surface area (TPSA) is 206 Å². The minimum absolute atomic E-state index is 0.0705. The third-order valence-corrected chi connectivity index (χ3v) is 6.15. The molecule has 0 fully saturated rings. The van der Waals surface area contributed by atoms with Crippen LogP contribution in [0.2, 0.25) is 0 Å². The molecule has 0 saturated heterocycles. The number of carbonyl (C=O) groups excluding carboxylic acids is 7. The number of urea groups is 1. The number of unbranched alkanes of at least 4 members (excludes halogenated alkanes) is 2. The van der Waals surface area contributed by atoms with Crippen LogP contribution >= 0.6 is 0 Å². The molecule has 1 aliphatic heterocycles. The number of nitrogens with two attached hydrogens (primary N) is 1. The van der Waals surface area contributed by atoms with Crippen molar-refractivity contribution in [2.24, 2.45) is 11.7 Å². The van der Waals surface area contributed by atoms with Crippen LogP contribution in [0.4, 0.5) is 10.5 Å². The largest absolute Gasteiger partial charge is 0.461 e. The first-order valence-electron chi connectivity index (χ1n) is 14.9. The molecule has 14 nitrogen and oxygen atoms in total. The minimum Gasteiger partial charge on any atom is -0.461 e. The molecule has 0 bridgehead atoms. The lowest BCUT2D eigenvalue weighted by Crippen LogP contribution is -2.35. The summed E-state index contributed by atoms with van der Waals surface area (Å²) in [5.74, 6) is -0.626. The molecular formula is C31H48N6O8. The maximum Gasteiger partial charge on any atom is 0.312 e. The van der Waals surface area contributed by atoms with E-state index in [1.807, 2.05) is 13.8 Å². The van der Waals surface area contributed by atoms with E-state index in [4.69, 9.17) is 10.5 Å². The molecule has 7 amide bonds. The van der Waals surface area contributed by atoms with E-state index >= 15 is 0 Å². The Labute approximate surface area is 264 Å². The summed E-state index contributed by atoms with van der Waals surface area (Å²) in [7, 11) is 0. The molecule has 250 valence electrons. The van der Waals surface area contributed by atoms with Crippen molar-refractivity contribution >= 4 is 47.7 Å². The fourth-order valence-corrected chi connectivity index (χ4v) is 3.33. The Bertz CT molecular complexity index is 1120. The Hall–Kier alpha value is -4.75. The molecule has 14 heteroatoms. The zero-order valence-corrected chi connectivity index (χ0v) is 26.9. The predicted octanol–water partition coefficient (Wildman–Crippen LogP) is 2.13. The molecule has 0 aromatic heterocycles. The summed E-state index contributed by atoms with van der Waals surface area (Å²) in [4.78, 5) is 77.2. The van der Waals surface area contributed by atoms with Crippen LogP contribution in [0.5, 0.6) is 0 Å². The normalized spacial score (nSPS) is 12.2. The minimum atomic E-state index is -0.443. The Balaban J connectivity index is 0.000000715. The molecule has 2 rings (SSSR count). The highest BCUT2D eigenvalue weighted by Gasteiger charge is 2.22. The van der Waals surface area contributed by atoms with E-state index < -0.39 is 6.03 Å². The smallest absolute Gasteiger partial charge is 0.312 e. The number of rotatable bonds is 16. The molecule has 1 aromatic rings. The number of imide groups is 1. The lowest BCUT2D eigenvalue weighted by atomic mass is 10.1. The number of benzene rings is 1. The Morgan fingerprint density at radius 3 is 2.07 bits per heavy atom. The van der Waals surface area contributed by atoms with Gasteiger partial charge >= 0.3 is 12.0 Å². The number of anilines is 1. The number of hydrogen-bond donors (Lipinski definition) is 5. The van der Waals surface area contributed by atoms with Crippen molar-refractivity contribution < 1.29 is 38.3 Å². The van der Waals surface area contributed by atoms with E-state index in [9.17, 15) is 33.6 Å². The number of amides is 7. The van der Waals surface area contributed by atoms with Gasteiger partial charge < -0.3 is 31.7 Å². The third-order valence-electron chi connectivity index (χ3n) is 6.15. The number of esters is 1. The molecule has 0 aliphatic carbocycles. The van der Waals surface area contributed by atoms with E-state index in [0.717, 1.165) is 31.2 Å². The molecule has 1 unspecified atom stereocenters. The molecule has 45 heavy (non-hydrogen) atoms. The number of nitrogens with one attached hydrogen (secondary N) is 4. The van der Waals surface area contributed by atoms with E-state index in [0.29, 0.717) is 37.5 Å². The SMILES string of the molecule is CC(=O)OCc1ccc(NC(=O)CNC=O)cc1.CC(C)C(C)NC(=O)CCCCCN1C(=O)C=CC1=O.CCCNC(N)=O. The molecule has 1 aliphatic rings. The van der Waals surface area contributed by atoms with Crippen LogP contribution in [0, 0.1) is 5.92 Å². The number of primary amides is 1. The summed E-state index contributed by atoms with van der Waals surface area (Å²) in [5, 5.41) is 10.3. The predicted molar refractivity (Wildman–Crippen MR) is 169 cm³/mol. The molecular weight excluding hydrogens is 584 g/mol. The third kappa shape index (κ3) is 20.7. The maximum atomic E-state index is 11.6. The number of nitrogens with zero attached hydrogens (tertiary/aromatic N) is 1. The van der Waals surface area contributed by atoms with E-state index in [1.54, 1.807) is 24.3 Å². The van der Waals surface area contributed by atoms with Gasteiger partial charge in [-0.05, 0) is 49.8 Å². The Kier molecular flexibility index (Phi) is 21.2. The molecule has 0 radical (unpaired) electrons. The second kappa shape index (κ2) is 23.7. The van der Waals surface area contributed by atoms with Crippen LogP contribution in [0.3, 0.4) is 0 Å². The van der Waals surface area contributed by atoms with Crippen molar-refractivity contribution in [1.82, 2.24) is 20.9 Å². The average molecular weight is 633 g/mol. The van der Waals surface area contributed by atoms with Crippen LogP contribution in [-0.4, -0.2) is 72.6 Å². The van der Waals surface area contributed by atoms with E-state index in [2.05, 4.69) is 35.1 Å². The monoisotopic (exact) mass is 632 g/mol. The van der Waals surface area contributed by atoms with Crippen molar-refractivity contribution in [2.75, 3.05) is 25.0 Å². The molecule has 1 heterocycles. The molecule has 1 aromatic carbocycles. The summed E-state index contributed by atoms with van der Waals surface area (Å²) in [6, 6.07) is 6.61. The average Bonchev–Trinajstić information content (AvgIpc) is 3.31. The van der Waals surface area contributed by atoms with Gasteiger partial charge in [0.2, 0.25) is 18.2 Å².